The monoisotopic (exact) mass is 591 g/mol. The molecule has 0 spiro atoms. The summed E-state index contributed by atoms with van der Waals surface area (Å²) >= 11 is 0. The first-order valence-corrected chi connectivity index (χ1v) is 20.2. The number of hydrogen-bond acceptors (Lipinski definition) is 2. The summed E-state index contributed by atoms with van der Waals surface area (Å²) in [5.74, 6) is 0.952. The maximum Gasteiger partial charge on any atom is 0.0110 e. The molecule has 0 aromatic rings. The molecule has 0 aromatic carbocycles. The van der Waals surface area contributed by atoms with Gasteiger partial charge in [-0.3, -0.25) is 0 Å². The van der Waals surface area contributed by atoms with E-state index in [1.165, 1.54) is 232 Å². The van der Waals surface area contributed by atoms with Crippen molar-refractivity contribution in [2.75, 3.05) is 39.3 Å². The molecule has 1 unspecified atom stereocenters. The SMILES string of the molecule is CCCCCCCCCCCCCCCCN1CCN(CC(CCCCCCCC)CCCCCCCCCC)CC1. The molecule has 1 aliphatic rings. The van der Waals surface area contributed by atoms with Gasteiger partial charge in [0.25, 0.3) is 0 Å². The Balaban J connectivity index is 2.08. The average Bonchev–Trinajstić information content (AvgIpc) is 3.01. The van der Waals surface area contributed by atoms with E-state index in [0.717, 1.165) is 5.92 Å². The Hall–Kier alpha value is -0.0800. The predicted octanol–water partition coefficient (Wildman–Crippen LogP) is 13.0. The molecule has 1 heterocycles. The summed E-state index contributed by atoms with van der Waals surface area (Å²) in [5.41, 5.74) is 0. The molecule has 2 nitrogen and oxygen atoms in total. The first-order chi connectivity index (χ1) is 20.8. The maximum atomic E-state index is 2.84. The van der Waals surface area contributed by atoms with Gasteiger partial charge in [0.15, 0.2) is 0 Å². The highest BCUT2D eigenvalue weighted by molar-refractivity contribution is 4.75. The summed E-state index contributed by atoms with van der Waals surface area (Å²) in [6, 6.07) is 0. The average molecular weight is 591 g/mol. The number of unbranched alkanes of at least 4 members (excludes halogenated alkanes) is 25. The molecule has 1 fully saturated rings. The first kappa shape index (κ1) is 39.9. The smallest absolute Gasteiger partial charge is 0.0110 e. The number of hydrogen-bond donors (Lipinski definition) is 0. The molecule has 1 saturated heterocycles. The zero-order chi connectivity index (χ0) is 30.2. The number of piperazine rings is 1. The van der Waals surface area contributed by atoms with E-state index >= 15 is 0 Å². The van der Waals surface area contributed by atoms with E-state index in [-0.39, 0.29) is 0 Å². The van der Waals surface area contributed by atoms with Crippen LogP contribution in [-0.4, -0.2) is 49.1 Å². The minimum absolute atomic E-state index is 0.952. The van der Waals surface area contributed by atoms with Crippen molar-refractivity contribution in [3.63, 3.8) is 0 Å². The third-order valence-electron chi connectivity index (χ3n) is 10.2. The first-order valence-electron chi connectivity index (χ1n) is 20.2. The van der Waals surface area contributed by atoms with Gasteiger partial charge in [0.2, 0.25) is 0 Å². The summed E-state index contributed by atoms with van der Waals surface area (Å²) in [5, 5.41) is 0. The Morgan fingerprint density at radius 2 is 0.619 bits per heavy atom. The number of nitrogens with zero attached hydrogens (tertiary/aromatic N) is 2. The summed E-state index contributed by atoms with van der Waals surface area (Å²) in [6.45, 7) is 15.0. The molecule has 2 heteroatoms. The Labute approximate surface area is 267 Å². The lowest BCUT2D eigenvalue weighted by molar-refractivity contribution is 0.111. The van der Waals surface area contributed by atoms with Crippen LogP contribution in [0.25, 0.3) is 0 Å². The van der Waals surface area contributed by atoms with Crippen molar-refractivity contribution < 1.29 is 0 Å². The standard InChI is InChI=1S/C40H82N2/c1-4-7-10-13-16-18-19-20-21-22-23-25-28-31-34-41-35-37-42(38-36-41)39-40(32-29-26-15-12-9-6-3)33-30-27-24-17-14-11-8-5-2/h40H,4-39H2,1-3H3. The quantitative estimate of drug-likeness (QED) is 0.0701. The molecule has 0 aromatic heterocycles. The fourth-order valence-corrected chi connectivity index (χ4v) is 7.20. The second kappa shape index (κ2) is 32.3. The van der Waals surface area contributed by atoms with E-state index in [1.807, 2.05) is 0 Å². The normalized spacial score (nSPS) is 15.5. The number of rotatable bonds is 33. The Morgan fingerprint density at radius 1 is 0.333 bits per heavy atom. The molecule has 1 atom stereocenters. The molecule has 0 saturated carbocycles. The van der Waals surface area contributed by atoms with Gasteiger partial charge in [-0.2, -0.15) is 0 Å². The van der Waals surface area contributed by atoms with Crippen molar-refractivity contribution in [2.45, 2.75) is 213 Å². The topological polar surface area (TPSA) is 6.48 Å². The molecular weight excluding hydrogens is 508 g/mol. The van der Waals surface area contributed by atoms with Gasteiger partial charge in [-0.05, 0) is 31.7 Å². The van der Waals surface area contributed by atoms with Gasteiger partial charge in [0, 0.05) is 32.7 Å². The Bertz CT molecular complexity index is 498. The van der Waals surface area contributed by atoms with Crippen molar-refractivity contribution in [2.24, 2.45) is 5.92 Å². The highest BCUT2D eigenvalue weighted by atomic mass is 15.3. The van der Waals surface area contributed by atoms with Gasteiger partial charge in [0.1, 0.15) is 0 Å². The van der Waals surface area contributed by atoms with Crippen molar-refractivity contribution in [3.8, 4) is 0 Å². The molecule has 0 radical (unpaired) electrons. The van der Waals surface area contributed by atoms with Gasteiger partial charge in [-0.25, -0.2) is 0 Å². The molecule has 252 valence electrons. The van der Waals surface area contributed by atoms with Crippen molar-refractivity contribution in [1.82, 2.24) is 9.80 Å². The molecule has 42 heavy (non-hydrogen) atoms. The fourth-order valence-electron chi connectivity index (χ4n) is 7.20. The summed E-state index contributed by atoms with van der Waals surface area (Å²) < 4.78 is 0. The molecule has 1 aliphatic heterocycles. The molecule has 0 aliphatic carbocycles. The minimum Gasteiger partial charge on any atom is -0.301 e. The summed E-state index contributed by atoms with van der Waals surface area (Å²) in [4.78, 5) is 5.62. The van der Waals surface area contributed by atoms with E-state index in [4.69, 9.17) is 0 Å². The van der Waals surface area contributed by atoms with Gasteiger partial charge in [-0.15, -0.1) is 0 Å². The van der Waals surface area contributed by atoms with Crippen LogP contribution in [0.3, 0.4) is 0 Å². The third-order valence-corrected chi connectivity index (χ3v) is 10.2. The largest absolute Gasteiger partial charge is 0.301 e. The van der Waals surface area contributed by atoms with Gasteiger partial charge in [-0.1, -0.05) is 194 Å². The van der Waals surface area contributed by atoms with Crippen molar-refractivity contribution in [3.05, 3.63) is 0 Å². The maximum absolute atomic E-state index is 2.84. The van der Waals surface area contributed by atoms with E-state index in [2.05, 4.69) is 30.6 Å². The van der Waals surface area contributed by atoms with E-state index in [0.29, 0.717) is 0 Å². The van der Waals surface area contributed by atoms with E-state index < -0.39 is 0 Å². The van der Waals surface area contributed by atoms with Crippen molar-refractivity contribution in [1.29, 1.82) is 0 Å². The minimum atomic E-state index is 0.952. The van der Waals surface area contributed by atoms with Crippen LogP contribution in [0.15, 0.2) is 0 Å². The van der Waals surface area contributed by atoms with Crippen LogP contribution >= 0.6 is 0 Å². The fraction of sp³-hybridized carbons (Fsp3) is 1.00. The zero-order valence-corrected chi connectivity index (χ0v) is 29.9. The van der Waals surface area contributed by atoms with Crippen molar-refractivity contribution >= 4 is 0 Å². The van der Waals surface area contributed by atoms with Gasteiger partial charge < -0.3 is 9.80 Å². The lowest BCUT2D eigenvalue weighted by atomic mass is 9.93. The molecule has 0 amide bonds. The van der Waals surface area contributed by atoms with E-state index in [9.17, 15) is 0 Å². The third kappa shape index (κ3) is 26.3. The lowest BCUT2D eigenvalue weighted by Gasteiger charge is -2.36. The summed E-state index contributed by atoms with van der Waals surface area (Å²) in [7, 11) is 0. The van der Waals surface area contributed by atoms with Crippen LogP contribution in [0, 0.1) is 5.92 Å². The second-order valence-corrected chi connectivity index (χ2v) is 14.4. The molecule has 1 rings (SSSR count). The second-order valence-electron chi connectivity index (χ2n) is 14.4. The lowest BCUT2D eigenvalue weighted by Crippen LogP contribution is -2.47. The van der Waals surface area contributed by atoms with Crippen LogP contribution in [0.2, 0.25) is 0 Å². The highest BCUT2D eigenvalue weighted by Crippen LogP contribution is 2.22. The van der Waals surface area contributed by atoms with Crippen LogP contribution in [-0.2, 0) is 0 Å². The summed E-state index contributed by atoms with van der Waals surface area (Å²) in [6.07, 6.45) is 43.8. The molecule has 0 bridgehead atoms. The van der Waals surface area contributed by atoms with Crippen LogP contribution < -0.4 is 0 Å². The van der Waals surface area contributed by atoms with Crippen LogP contribution in [0.1, 0.15) is 213 Å². The molecule has 0 N–H and O–H groups in total. The van der Waals surface area contributed by atoms with E-state index in [1.54, 1.807) is 0 Å². The zero-order valence-electron chi connectivity index (χ0n) is 29.9. The molecular formula is C40H82N2. The van der Waals surface area contributed by atoms with Crippen LogP contribution in [0.5, 0.6) is 0 Å². The Kier molecular flexibility index (Phi) is 30.7. The van der Waals surface area contributed by atoms with Gasteiger partial charge in [0.05, 0.1) is 0 Å². The Morgan fingerprint density at radius 3 is 0.976 bits per heavy atom. The highest BCUT2D eigenvalue weighted by Gasteiger charge is 2.20. The predicted molar refractivity (Wildman–Crippen MR) is 192 cm³/mol. The van der Waals surface area contributed by atoms with Gasteiger partial charge >= 0.3 is 0 Å². The van der Waals surface area contributed by atoms with Crippen LogP contribution in [0.4, 0.5) is 0 Å².